The van der Waals surface area contributed by atoms with Crippen molar-refractivity contribution in [1.29, 1.82) is 0 Å². The molecule has 0 rings (SSSR count). The fourth-order valence-electron chi connectivity index (χ4n) is 1.49. The summed E-state index contributed by atoms with van der Waals surface area (Å²) in [5, 5.41) is 14.0. The number of rotatable bonds is 10. The Morgan fingerprint density at radius 2 is 1.95 bits per heavy atom. The summed E-state index contributed by atoms with van der Waals surface area (Å²) < 4.78 is 5.28. The molecule has 19 heavy (non-hydrogen) atoms. The summed E-state index contributed by atoms with van der Waals surface area (Å²) >= 11 is 0. The monoisotopic (exact) mass is 274 g/mol. The predicted molar refractivity (Wildman–Crippen MR) is 73.1 cm³/mol. The Morgan fingerprint density at radius 3 is 2.47 bits per heavy atom. The first kappa shape index (κ1) is 17.7. The van der Waals surface area contributed by atoms with Gasteiger partial charge in [-0.25, -0.2) is 9.59 Å². The van der Waals surface area contributed by atoms with Gasteiger partial charge in [0.15, 0.2) is 0 Å². The number of carbonyl (C=O) groups is 2. The van der Waals surface area contributed by atoms with E-state index in [1.54, 1.807) is 0 Å². The molecule has 6 nitrogen and oxygen atoms in total. The van der Waals surface area contributed by atoms with Crippen LogP contribution in [-0.4, -0.2) is 42.9 Å². The van der Waals surface area contributed by atoms with E-state index >= 15 is 0 Å². The quantitative estimate of drug-likeness (QED) is 0.528. The van der Waals surface area contributed by atoms with Gasteiger partial charge in [-0.05, 0) is 18.8 Å². The molecule has 3 N–H and O–H groups in total. The predicted octanol–water partition coefficient (Wildman–Crippen LogP) is 1.60. The van der Waals surface area contributed by atoms with Gasteiger partial charge in [0.05, 0.1) is 6.61 Å². The molecule has 0 spiro atoms. The van der Waals surface area contributed by atoms with Gasteiger partial charge in [-0.15, -0.1) is 0 Å². The lowest BCUT2D eigenvalue weighted by Gasteiger charge is -2.16. The normalized spacial score (nSPS) is 12.2. The lowest BCUT2D eigenvalue weighted by atomic mass is 10.0. The first-order valence-electron chi connectivity index (χ1n) is 6.82. The SMILES string of the molecule is CCCCOCCNC(=O)NC(CC(C)C)C(=O)O. The molecular weight excluding hydrogens is 248 g/mol. The molecule has 0 aliphatic carbocycles. The van der Waals surface area contributed by atoms with Crippen LogP contribution in [0.1, 0.15) is 40.0 Å². The van der Waals surface area contributed by atoms with E-state index in [0.717, 1.165) is 12.8 Å². The summed E-state index contributed by atoms with van der Waals surface area (Å²) in [6.07, 6.45) is 2.49. The molecule has 0 aromatic rings. The maximum atomic E-state index is 11.5. The minimum Gasteiger partial charge on any atom is -0.480 e. The van der Waals surface area contributed by atoms with Gasteiger partial charge < -0.3 is 20.5 Å². The van der Waals surface area contributed by atoms with Gasteiger partial charge in [0, 0.05) is 13.2 Å². The highest BCUT2D eigenvalue weighted by molar-refractivity contribution is 5.82. The van der Waals surface area contributed by atoms with Crippen molar-refractivity contribution in [1.82, 2.24) is 10.6 Å². The summed E-state index contributed by atoms with van der Waals surface area (Å²) in [7, 11) is 0. The van der Waals surface area contributed by atoms with Crippen LogP contribution >= 0.6 is 0 Å². The number of carboxylic acid groups (broad SMARTS) is 1. The molecule has 112 valence electrons. The molecule has 0 bridgehead atoms. The lowest BCUT2D eigenvalue weighted by molar-refractivity contribution is -0.139. The van der Waals surface area contributed by atoms with Crippen molar-refractivity contribution in [2.24, 2.45) is 5.92 Å². The van der Waals surface area contributed by atoms with E-state index < -0.39 is 18.0 Å². The second-order valence-corrected chi connectivity index (χ2v) is 4.89. The van der Waals surface area contributed by atoms with Crippen LogP contribution in [0.15, 0.2) is 0 Å². The Hall–Kier alpha value is -1.30. The zero-order valence-electron chi connectivity index (χ0n) is 12.1. The van der Waals surface area contributed by atoms with Gasteiger partial charge in [0.25, 0.3) is 0 Å². The Morgan fingerprint density at radius 1 is 1.26 bits per heavy atom. The minimum absolute atomic E-state index is 0.207. The van der Waals surface area contributed by atoms with Gasteiger partial charge >= 0.3 is 12.0 Å². The van der Waals surface area contributed by atoms with E-state index in [9.17, 15) is 9.59 Å². The number of ether oxygens (including phenoxy) is 1. The number of carbonyl (C=O) groups excluding carboxylic acids is 1. The first-order chi connectivity index (χ1) is 8.97. The van der Waals surface area contributed by atoms with E-state index in [0.29, 0.717) is 26.2 Å². The highest BCUT2D eigenvalue weighted by Gasteiger charge is 2.20. The van der Waals surface area contributed by atoms with Crippen molar-refractivity contribution in [3.05, 3.63) is 0 Å². The fraction of sp³-hybridized carbons (Fsp3) is 0.846. The van der Waals surface area contributed by atoms with Crippen LogP contribution in [0.3, 0.4) is 0 Å². The smallest absolute Gasteiger partial charge is 0.326 e. The fourth-order valence-corrected chi connectivity index (χ4v) is 1.49. The third-order valence-corrected chi connectivity index (χ3v) is 2.48. The maximum Gasteiger partial charge on any atom is 0.326 e. The Kier molecular flexibility index (Phi) is 9.88. The number of urea groups is 1. The van der Waals surface area contributed by atoms with Crippen LogP contribution in [0.25, 0.3) is 0 Å². The Balaban J connectivity index is 3.78. The zero-order valence-corrected chi connectivity index (χ0v) is 12.1. The van der Waals surface area contributed by atoms with Gasteiger partial charge in [0.1, 0.15) is 6.04 Å². The van der Waals surface area contributed by atoms with Crippen LogP contribution in [0.2, 0.25) is 0 Å². The minimum atomic E-state index is -1.01. The van der Waals surface area contributed by atoms with Crippen LogP contribution < -0.4 is 10.6 Å². The van der Waals surface area contributed by atoms with Gasteiger partial charge in [-0.3, -0.25) is 0 Å². The molecule has 0 saturated carbocycles. The summed E-state index contributed by atoms with van der Waals surface area (Å²) in [6, 6.07) is -1.31. The summed E-state index contributed by atoms with van der Waals surface area (Å²) in [5.41, 5.74) is 0. The summed E-state index contributed by atoms with van der Waals surface area (Å²) in [4.78, 5) is 22.4. The number of carboxylic acids is 1. The molecule has 6 heteroatoms. The molecule has 0 heterocycles. The van der Waals surface area contributed by atoms with Gasteiger partial charge in [-0.1, -0.05) is 27.2 Å². The number of nitrogens with one attached hydrogen (secondary N) is 2. The topological polar surface area (TPSA) is 87.7 Å². The maximum absolute atomic E-state index is 11.5. The van der Waals surface area contributed by atoms with Crippen molar-refractivity contribution in [3.63, 3.8) is 0 Å². The third-order valence-electron chi connectivity index (χ3n) is 2.48. The number of amides is 2. The molecule has 0 aliphatic heterocycles. The van der Waals surface area contributed by atoms with Crippen molar-refractivity contribution >= 4 is 12.0 Å². The van der Waals surface area contributed by atoms with Crippen LogP contribution in [-0.2, 0) is 9.53 Å². The zero-order chi connectivity index (χ0) is 14.7. The van der Waals surface area contributed by atoms with E-state index in [1.807, 2.05) is 13.8 Å². The largest absolute Gasteiger partial charge is 0.480 e. The second kappa shape index (κ2) is 10.6. The highest BCUT2D eigenvalue weighted by atomic mass is 16.5. The van der Waals surface area contributed by atoms with Crippen molar-refractivity contribution in [3.8, 4) is 0 Å². The number of hydrogen-bond donors (Lipinski definition) is 3. The molecule has 1 atom stereocenters. The number of hydrogen-bond acceptors (Lipinski definition) is 3. The summed E-state index contributed by atoms with van der Waals surface area (Å²) in [5.74, 6) is -0.804. The van der Waals surface area contributed by atoms with E-state index in [-0.39, 0.29) is 5.92 Å². The highest BCUT2D eigenvalue weighted by Crippen LogP contribution is 2.04. The van der Waals surface area contributed by atoms with Crippen LogP contribution in [0.5, 0.6) is 0 Å². The Labute approximate surface area is 114 Å². The number of unbranched alkanes of at least 4 members (excludes halogenated alkanes) is 1. The van der Waals surface area contributed by atoms with Crippen molar-refractivity contribution < 1.29 is 19.4 Å². The van der Waals surface area contributed by atoms with Crippen molar-refractivity contribution in [2.45, 2.75) is 46.1 Å². The average Bonchev–Trinajstić information content (AvgIpc) is 2.32. The van der Waals surface area contributed by atoms with E-state index in [4.69, 9.17) is 9.84 Å². The van der Waals surface area contributed by atoms with Gasteiger partial charge in [0.2, 0.25) is 0 Å². The molecule has 0 aliphatic rings. The number of aliphatic carboxylic acids is 1. The standard InChI is InChI=1S/C13H26N2O4/c1-4-5-7-19-8-6-14-13(18)15-11(12(16)17)9-10(2)3/h10-11H,4-9H2,1-3H3,(H,16,17)(H2,14,15,18). The second-order valence-electron chi connectivity index (χ2n) is 4.89. The molecule has 0 fully saturated rings. The lowest BCUT2D eigenvalue weighted by Crippen LogP contribution is -2.47. The molecule has 0 saturated heterocycles. The molecule has 1 unspecified atom stereocenters. The van der Waals surface area contributed by atoms with Crippen LogP contribution in [0, 0.1) is 5.92 Å². The average molecular weight is 274 g/mol. The molecule has 2 amide bonds. The third kappa shape index (κ3) is 10.3. The van der Waals surface area contributed by atoms with E-state index in [1.165, 1.54) is 0 Å². The Bertz CT molecular complexity index is 269. The van der Waals surface area contributed by atoms with Crippen LogP contribution in [0.4, 0.5) is 4.79 Å². The molecule has 0 aromatic carbocycles. The first-order valence-corrected chi connectivity index (χ1v) is 6.82. The molecule has 0 radical (unpaired) electrons. The molecular formula is C13H26N2O4. The van der Waals surface area contributed by atoms with Gasteiger partial charge in [-0.2, -0.15) is 0 Å². The molecule has 0 aromatic heterocycles. The van der Waals surface area contributed by atoms with E-state index in [2.05, 4.69) is 17.6 Å². The van der Waals surface area contributed by atoms with Crippen molar-refractivity contribution in [2.75, 3.05) is 19.8 Å². The summed E-state index contributed by atoms with van der Waals surface area (Å²) in [6.45, 7) is 7.41.